The maximum Gasteiger partial charge on any atom is 0.279 e. The Labute approximate surface area is 169 Å². The molecule has 3 rings (SSSR count). The topological polar surface area (TPSA) is 150 Å². The van der Waals surface area contributed by atoms with E-state index in [4.69, 9.17) is 11.5 Å². The first-order chi connectivity index (χ1) is 13.6. The summed E-state index contributed by atoms with van der Waals surface area (Å²) >= 11 is 0. The Kier molecular flexibility index (Phi) is 5.40. The van der Waals surface area contributed by atoms with Crippen LogP contribution in [0.4, 0.5) is 5.69 Å². The highest BCUT2D eigenvalue weighted by Crippen LogP contribution is 2.34. The van der Waals surface area contributed by atoms with Gasteiger partial charge in [0, 0.05) is 17.8 Å². The Morgan fingerprint density at radius 3 is 2.62 bits per heavy atom. The van der Waals surface area contributed by atoms with E-state index in [0.29, 0.717) is 23.3 Å². The third kappa shape index (κ3) is 3.84. The Bertz CT molecular complexity index is 1110. The minimum atomic E-state index is -3.67. The van der Waals surface area contributed by atoms with Gasteiger partial charge in [-0.2, -0.15) is 0 Å². The first-order valence-electron chi connectivity index (χ1n) is 9.26. The van der Waals surface area contributed by atoms with Gasteiger partial charge in [0.2, 0.25) is 6.41 Å². The second-order valence-electron chi connectivity index (χ2n) is 7.47. The summed E-state index contributed by atoms with van der Waals surface area (Å²) in [5.74, 6) is 0.192. The number of dihydropyridines is 1. The summed E-state index contributed by atoms with van der Waals surface area (Å²) in [7, 11) is -3.67. The van der Waals surface area contributed by atoms with E-state index in [1.165, 1.54) is 10.6 Å². The van der Waals surface area contributed by atoms with E-state index >= 15 is 0 Å². The molecule has 9 nitrogen and oxygen atoms in total. The van der Waals surface area contributed by atoms with Crippen molar-refractivity contribution >= 4 is 33.5 Å². The van der Waals surface area contributed by atoms with Gasteiger partial charge in [-0.15, -0.1) is 0 Å². The van der Waals surface area contributed by atoms with Crippen molar-refractivity contribution < 1.29 is 13.2 Å². The highest BCUT2D eigenvalue weighted by Gasteiger charge is 2.32. The maximum atomic E-state index is 13.1. The molecule has 1 saturated carbocycles. The maximum absolute atomic E-state index is 13.1. The van der Waals surface area contributed by atoms with Gasteiger partial charge in [-0.05, 0) is 44.2 Å². The highest BCUT2D eigenvalue weighted by atomic mass is 32.2. The van der Waals surface area contributed by atoms with E-state index in [0.717, 1.165) is 12.8 Å². The fourth-order valence-corrected chi connectivity index (χ4v) is 5.34. The molecule has 1 aromatic rings. The summed E-state index contributed by atoms with van der Waals surface area (Å²) in [6.07, 6.45) is 2.26. The Morgan fingerprint density at radius 1 is 1.38 bits per heavy atom. The standard InChI is InChI=1S/C19H25N5O4S/c1-10-6-15(29(27,28)8-13-4-5-13)16(20)19(26)24(10)17-14(7-22-9-25)11(2)12(3)23-18(17)21/h6,9,12-13H,2,4-5,7-8,20H2,1,3H3,(H2,21,23)(H,22,25). The number of carbonyl (C=O) groups is 1. The van der Waals surface area contributed by atoms with Gasteiger partial charge in [0.1, 0.15) is 11.5 Å². The number of nitrogen functional groups attached to an aromatic ring is 1. The Morgan fingerprint density at radius 2 is 2.03 bits per heavy atom. The predicted octanol–water partition coefficient (Wildman–Crippen LogP) is 0.195. The van der Waals surface area contributed by atoms with Crippen LogP contribution in [0, 0.1) is 12.8 Å². The fraction of sp³-hybridized carbons (Fsp3) is 0.421. The van der Waals surface area contributed by atoms with Crippen LogP contribution >= 0.6 is 0 Å². The number of pyridine rings is 1. The fourth-order valence-electron chi connectivity index (χ4n) is 3.43. The van der Waals surface area contributed by atoms with Gasteiger partial charge < -0.3 is 16.8 Å². The number of rotatable bonds is 7. The second-order valence-corrected chi connectivity index (χ2v) is 9.47. The smallest absolute Gasteiger partial charge is 0.279 e. The van der Waals surface area contributed by atoms with Crippen molar-refractivity contribution in [2.75, 3.05) is 18.0 Å². The summed E-state index contributed by atoms with van der Waals surface area (Å²) in [6.45, 7) is 7.48. The molecule has 0 spiro atoms. The van der Waals surface area contributed by atoms with Crippen molar-refractivity contribution in [2.24, 2.45) is 16.6 Å². The van der Waals surface area contributed by atoms with Crippen LogP contribution in [-0.2, 0) is 14.6 Å². The number of nitrogens with zero attached hydrogens (tertiary/aromatic N) is 2. The molecule has 1 aliphatic heterocycles. The molecular formula is C19H25N5O4S. The number of nitrogens with two attached hydrogens (primary N) is 2. The molecular weight excluding hydrogens is 394 g/mol. The van der Waals surface area contributed by atoms with Crippen LogP contribution in [0.5, 0.6) is 0 Å². The van der Waals surface area contributed by atoms with Crippen molar-refractivity contribution in [1.82, 2.24) is 9.88 Å². The van der Waals surface area contributed by atoms with Gasteiger partial charge in [0.15, 0.2) is 9.84 Å². The minimum absolute atomic E-state index is 0.0186. The van der Waals surface area contributed by atoms with Gasteiger partial charge in [-0.25, -0.2) is 8.42 Å². The lowest BCUT2D eigenvalue weighted by molar-refractivity contribution is -0.109. The summed E-state index contributed by atoms with van der Waals surface area (Å²) in [4.78, 5) is 28.1. The normalized spacial score (nSPS) is 19.9. The lowest BCUT2D eigenvalue weighted by atomic mass is 9.95. The number of sulfone groups is 1. The molecule has 156 valence electrons. The first-order valence-corrected chi connectivity index (χ1v) is 10.9. The summed E-state index contributed by atoms with van der Waals surface area (Å²) < 4.78 is 26.7. The van der Waals surface area contributed by atoms with E-state index < -0.39 is 15.4 Å². The van der Waals surface area contributed by atoms with E-state index in [9.17, 15) is 18.0 Å². The molecule has 10 heteroatoms. The molecule has 0 bridgehead atoms. The lowest BCUT2D eigenvalue weighted by Crippen LogP contribution is -2.37. The number of aromatic nitrogens is 1. The predicted molar refractivity (Wildman–Crippen MR) is 112 cm³/mol. The molecule has 1 unspecified atom stereocenters. The van der Waals surface area contributed by atoms with Crippen molar-refractivity contribution in [2.45, 2.75) is 37.6 Å². The molecule has 1 aromatic heterocycles. The second kappa shape index (κ2) is 7.51. The monoisotopic (exact) mass is 419 g/mol. The number of aryl methyl sites for hydroxylation is 1. The number of amidine groups is 1. The molecule has 2 heterocycles. The van der Waals surface area contributed by atoms with Crippen LogP contribution < -0.4 is 22.3 Å². The third-order valence-electron chi connectivity index (χ3n) is 5.22. The number of nitrogens with one attached hydrogen (secondary N) is 1. The number of aliphatic imine (C=N–C) groups is 1. The quantitative estimate of drug-likeness (QED) is 0.537. The van der Waals surface area contributed by atoms with Crippen molar-refractivity contribution in [3.63, 3.8) is 0 Å². The van der Waals surface area contributed by atoms with Crippen LogP contribution in [0.15, 0.2) is 38.5 Å². The van der Waals surface area contributed by atoms with E-state index in [-0.39, 0.29) is 46.4 Å². The third-order valence-corrected chi connectivity index (χ3v) is 7.14. The molecule has 1 fully saturated rings. The average Bonchev–Trinajstić information content (AvgIpc) is 3.44. The zero-order valence-corrected chi connectivity index (χ0v) is 17.3. The van der Waals surface area contributed by atoms with Crippen LogP contribution in [0.2, 0.25) is 0 Å². The number of hydrogen-bond donors (Lipinski definition) is 3. The zero-order valence-electron chi connectivity index (χ0n) is 16.4. The average molecular weight is 420 g/mol. The molecule has 0 saturated heterocycles. The van der Waals surface area contributed by atoms with Crippen LogP contribution in [0.1, 0.15) is 25.5 Å². The summed E-state index contributed by atoms with van der Waals surface area (Å²) in [6, 6.07) is 1.06. The molecule has 1 aliphatic carbocycles. The van der Waals surface area contributed by atoms with Crippen LogP contribution in [-0.4, -0.2) is 43.6 Å². The lowest BCUT2D eigenvalue weighted by Gasteiger charge is -2.27. The van der Waals surface area contributed by atoms with E-state index in [1.807, 2.05) is 0 Å². The van der Waals surface area contributed by atoms with Crippen molar-refractivity contribution in [3.05, 3.63) is 39.8 Å². The van der Waals surface area contributed by atoms with Gasteiger partial charge in [0.25, 0.3) is 5.56 Å². The molecule has 0 aromatic carbocycles. The Balaban J connectivity index is 2.22. The minimum Gasteiger partial charge on any atom is -0.393 e. The largest absolute Gasteiger partial charge is 0.393 e. The number of hydrogen-bond acceptors (Lipinski definition) is 7. The van der Waals surface area contributed by atoms with Crippen LogP contribution in [0.3, 0.4) is 0 Å². The van der Waals surface area contributed by atoms with Crippen molar-refractivity contribution in [1.29, 1.82) is 0 Å². The van der Waals surface area contributed by atoms with E-state index in [1.54, 1.807) is 13.8 Å². The van der Waals surface area contributed by atoms with Gasteiger partial charge >= 0.3 is 0 Å². The summed E-state index contributed by atoms with van der Waals surface area (Å²) in [5, 5.41) is 2.55. The molecule has 2 aliphatic rings. The summed E-state index contributed by atoms with van der Waals surface area (Å²) in [5.41, 5.74) is 12.8. The number of carbonyl (C=O) groups excluding carboxylic acids is 1. The molecule has 5 N–H and O–H groups in total. The Hall–Kier alpha value is -2.88. The van der Waals surface area contributed by atoms with Crippen LogP contribution in [0.25, 0.3) is 5.70 Å². The highest BCUT2D eigenvalue weighted by molar-refractivity contribution is 7.91. The SMILES string of the molecule is C=C1C(CNC=O)=C(n2c(C)cc(S(=O)(=O)CC3CC3)c(N)c2=O)C(N)=NC1C. The van der Waals surface area contributed by atoms with Gasteiger partial charge in [-0.3, -0.25) is 19.1 Å². The molecule has 1 atom stereocenters. The molecule has 1 amide bonds. The molecule has 0 radical (unpaired) electrons. The van der Waals surface area contributed by atoms with E-state index in [2.05, 4.69) is 16.9 Å². The number of amides is 1. The first kappa shape index (κ1) is 20.8. The van der Waals surface area contributed by atoms with Gasteiger partial charge in [0.05, 0.1) is 22.4 Å². The zero-order chi connectivity index (χ0) is 21.5. The number of anilines is 1. The molecule has 29 heavy (non-hydrogen) atoms. The van der Waals surface area contributed by atoms with Gasteiger partial charge in [-0.1, -0.05) is 6.58 Å². The van der Waals surface area contributed by atoms with Crippen molar-refractivity contribution in [3.8, 4) is 0 Å².